The van der Waals surface area contributed by atoms with Crippen molar-refractivity contribution in [2.75, 3.05) is 12.3 Å². The van der Waals surface area contributed by atoms with Crippen LogP contribution in [0.5, 0.6) is 0 Å². The van der Waals surface area contributed by atoms with Gasteiger partial charge in [-0.25, -0.2) is 0 Å². The first-order chi connectivity index (χ1) is 4.11. The molecule has 1 nitrogen and oxygen atoms in total. The minimum Gasteiger partial charge on any atom is -0.275 e. The van der Waals surface area contributed by atoms with Gasteiger partial charge in [0.25, 0.3) is 0 Å². The Hall–Kier alpha value is 0.170. The molecule has 0 aliphatic carbocycles. The standard InChI is InChI=1S/C4H4ClF2NS/c5-4(6,7)3-8-1-2-9-3/h1-2H2. The van der Waals surface area contributed by atoms with E-state index in [1.54, 1.807) is 0 Å². The van der Waals surface area contributed by atoms with E-state index in [-0.39, 0.29) is 5.04 Å². The van der Waals surface area contributed by atoms with Crippen LogP contribution in [-0.4, -0.2) is 22.7 Å². The van der Waals surface area contributed by atoms with Crippen LogP contribution in [0.3, 0.4) is 0 Å². The highest BCUT2D eigenvalue weighted by Gasteiger charge is 2.34. The third-order valence-corrected chi connectivity index (χ3v) is 2.16. The van der Waals surface area contributed by atoms with Gasteiger partial charge < -0.3 is 0 Å². The second kappa shape index (κ2) is 2.42. The summed E-state index contributed by atoms with van der Waals surface area (Å²) in [5.74, 6) is 0.623. The first-order valence-electron chi connectivity index (χ1n) is 2.35. The highest BCUT2D eigenvalue weighted by Crippen LogP contribution is 2.30. The zero-order valence-electron chi connectivity index (χ0n) is 4.40. The van der Waals surface area contributed by atoms with Gasteiger partial charge in [0, 0.05) is 12.3 Å². The third-order valence-electron chi connectivity index (χ3n) is 0.828. The van der Waals surface area contributed by atoms with Crippen molar-refractivity contribution in [1.29, 1.82) is 0 Å². The number of hydrogen-bond acceptors (Lipinski definition) is 2. The molecule has 0 aromatic rings. The molecule has 0 N–H and O–H groups in total. The summed E-state index contributed by atoms with van der Waals surface area (Å²) in [4.78, 5) is 3.50. The number of nitrogens with zero attached hydrogens (tertiary/aromatic N) is 1. The van der Waals surface area contributed by atoms with Crippen LogP contribution in [0.4, 0.5) is 8.78 Å². The van der Waals surface area contributed by atoms with E-state index in [2.05, 4.69) is 16.6 Å². The molecule has 1 aliphatic rings. The van der Waals surface area contributed by atoms with Crippen molar-refractivity contribution in [3.05, 3.63) is 0 Å². The Kier molecular flexibility index (Phi) is 1.96. The van der Waals surface area contributed by atoms with Gasteiger partial charge >= 0.3 is 5.38 Å². The normalized spacial score (nSPS) is 20.1. The summed E-state index contributed by atoms with van der Waals surface area (Å²) in [5.41, 5.74) is 0. The number of aliphatic imine (C=N–C) groups is 1. The van der Waals surface area contributed by atoms with E-state index in [4.69, 9.17) is 0 Å². The van der Waals surface area contributed by atoms with E-state index in [0.717, 1.165) is 11.8 Å². The first kappa shape index (κ1) is 7.28. The summed E-state index contributed by atoms with van der Waals surface area (Å²) in [6.07, 6.45) is 0. The van der Waals surface area contributed by atoms with E-state index in [1.165, 1.54) is 0 Å². The Bertz CT molecular complexity index is 142. The topological polar surface area (TPSA) is 12.4 Å². The molecule has 0 aromatic heterocycles. The highest BCUT2D eigenvalue weighted by molar-refractivity contribution is 8.14. The molecule has 52 valence electrons. The average Bonchev–Trinajstić information content (AvgIpc) is 2.08. The molecule has 0 saturated carbocycles. The molecule has 0 unspecified atom stereocenters. The molecule has 0 fully saturated rings. The number of hydrogen-bond donors (Lipinski definition) is 0. The average molecular weight is 172 g/mol. The Morgan fingerprint density at radius 2 is 2.33 bits per heavy atom. The van der Waals surface area contributed by atoms with Crippen molar-refractivity contribution in [1.82, 2.24) is 0 Å². The molecule has 0 aromatic carbocycles. The van der Waals surface area contributed by atoms with E-state index in [9.17, 15) is 8.78 Å². The fraction of sp³-hybridized carbons (Fsp3) is 0.750. The lowest BCUT2D eigenvalue weighted by Crippen LogP contribution is -2.15. The Balaban J connectivity index is 2.61. The number of halogens is 3. The van der Waals surface area contributed by atoms with Crippen LogP contribution in [-0.2, 0) is 0 Å². The molecule has 1 aliphatic heterocycles. The molecule has 0 saturated heterocycles. The van der Waals surface area contributed by atoms with Gasteiger partial charge in [-0.1, -0.05) is 0 Å². The van der Waals surface area contributed by atoms with Crippen molar-refractivity contribution < 1.29 is 8.78 Å². The summed E-state index contributed by atoms with van der Waals surface area (Å²) in [6, 6.07) is 0. The minimum atomic E-state index is -3.23. The maximum atomic E-state index is 12.0. The van der Waals surface area contributed by atoms with Crippen LogP contribution >= 0.6 is 23.4 Å². The van der Waals surface area contributed by atoms with Crippen molar-refractivity contribution in [2.45, 2.75) is 5.38 Å². The summed E-state index contributed by atoms with van der Waals surface area (Å²) in [6.45, 7) is 0.461. The van der Waals surface area contributed by atoms with E-state index >= 15 is 0 Å². The predicted octanol–water partition coefficient (Wildman–Crippen LogP) is 1.96. The summed E-state index contributed by atoms with van der Waals surface area (Å²) in [7, 11) is 0. The molecular formula is C4H4ClF2NS. The maximum Gasteiger partial charge on any atom is 0.370 e. The summed E-state index contributed by atoms with van der Waals surface area (Å²) >= 11 is 5.67. The molecule has 1 heterocycles. The van der Waals surface area contributed by atoms with E-state index in [0.29, 0.717) is 12.3 Å². The lowest BCUT2D eigenvalue weighted by Gasteiger charge is -2.03. The summed E-state index contributed by atoms with van der Waals surface area (Å²) < 4.78 is 24.1. The summed E-state index contributed by atoms with van der Waals surface area (Å²) in [5, 5.41) is -3.48. The van der Waals surface area contributed by atoms with Crippen LogP contribution < -0.4 is 0 Å². The first-order valence-corrected chi connectivity index (χ1v) is 3.71. The number of thioether (sulfide) groups is 1. The lowest BCUT2D eigenvalue weighted by atomic mass is 10.7. The maximum absolute atomic E-state index is 12.0. The molecule has 1 rings (SSSR count). The quantitative estimate of drug-likeness (QED) is 0.550. The van der Waals surface area contributed by atoms with Gasteiger partial charge in [-0.15, -0.1) is 11.8 Å². The third kappa shape index (κ3) is 1.79. The Labute approximate surface area is 60.5 Å². The van der Waals surface area contributed by atoms with Gasteiger partial charge in [-0.2, -0.15) is 8.78 Å². The van der Waals surface area contributed by atoms with Crippen LogP contribution in [0.25, 0.3) is 0 Å². The van der Waals surface area contributed by atoms with Gasteiger partial charge in [0.1, 0.15) is 0 Å². The number of rotatable bonds is 1. The van der Waals surface area contributed by atoms with Gasteiger partial charge in [0.15, 0.2) is 5.04 Å². The van der Waals surface area contributed by atoms with E-state index in [1.807, 2.05) is 0 Å². The Morgan fingerprint density at radius 3 is 2.56 bits per heavy atom. The SMILES string of the molecule is FC(F)(Cl)C1=NCCS1. The minimum absolute atomic E-state index is 0.246. The van der Waals surface area contributed by atoms with Crippen LogP contribution in [0.1, 0.15) is 0 Å². The molecule has 0 radical (unpaired) electrons. The van der Waals surface area contributed by atoms with Gasteiger partial charge in [-0.3, -0.25) is 4.99 Å². The van der Waals surface area contributed by atoms with Crippen molar-refractivity contribution in [3.63, 3.8) is 0 Å². The second-order valence-electron chi connectivity index (χ2n) is 1.53. The monoisotopic (exact) mass is 171 g/mol. The molecule has 0 bridgehead atoms. The van der Waals surface area contributed by atoms with Crippen molar-refractivity contribution in [3.8, 4) is 0 Å². The van der Waals surface area contributed by atoms with Crippen molar-refractivity contribution in [2.24, 2.45) is 4.99 Å². The largest absolute Gasteiger partial charge is 0.370 e. The zero-order valence-corrected chi connectivity index (χ0v) is 5.98. The smallest absolute Gasteiger partial charge is 0.275 e. The second-order valence-corrected chi connectivity index (χ2v) is 3.09. The van der Waals surface area contributed by atoms with Crippen LogP contribution in [0.15, 0.2) is 4.99 Å². The fourth-order valence-corrected chi connectivity index (χ4v) is 1.45. The van der Waals surface area contributed by atoms with Gasteiger partial charge in [-0.05, 0) is 11.6 Å². The molecule has 0 atom stereocenters. The number of alkyl halides is 3. The van der Waals surface area contributed by atoms with E-state index < -0.39 is 5.38 Å². The molecule has 5 heteroatoms. The van der Waals surface area contributed by atoms with Gasteiger partial charge in [0.2, 0.25) is 0 Å². The van der Waals surface area contributed by atoms with Crippen LogP contribution in [0, 0.1) is 0 Å². The molecule has 0 amide bonds. The Morgan fingerprint density at radius 1 is 1.67 bits per heavy atom. The molecular weight excluding hydrogens is 168 g/mol. The molecule has 9 heavy (non-hydrogen) atoms. The highest BCUT2D eigenvalue weighted by atomic mass is 35.5. The fourth-order valence-electron chi connectivity index (χ4n) is 0.507. The van der Waals surface area contributed by atoms with Crippen molar-refractivity contribution >= 4 is 28.4 Å². The molecule has 0 spiro atoms. The van der Waals surface area contributed by atoms with Gasteiger partial charge in [0.05, 0.1) is 0 Å². The zero-order chi connectivity index (χ0) is 6.91. The lowest BCUT2D eigenvalue weighted by molar-refractivity contribution is 0.179. The van der Waals surface area contributed by atoms with Crippen LogP contribution in [0.2, 0.25) is 0 Å². The predicted molar refractivity (Wildman–Crippen MR) is 35.6 cm³/mol.